The molecule has 0 radical (unpaired) electrons. The van der Waals surface area contributed by atoms with Crippen molar-refractivity contribution in [2.75, 3.05) is 13.2 Å². The average Bonchev–Trinajstić information content (AvgIpc) is 2.69. The van der Waals surface area contributed by atoms with Crippen molar-refractivity contribution in [1.82, 2.24) is 4.90 Å². The number of rotatable bonds is 4. The molecule has 4 rings (SSSR count). The van der Waals surface area contributed by atoms with Crippen LogP contribution in [0.25, 0.3) is 0 Å². The molecular formula is C23H23NO. The highest BCUT2D eigenvalue weighted by molar-refractivity contribution is 5.40. The lowest BCUT2D eigenvalue weighted by atomic mass is 9.84. The third kappa shape index (κ3) is 3.23. The Balaban J connectivity index is 1.72. The van der Waals surface area contributed by atoms with Gasteiger partial charge in [-0.25, -0.2) is 0 Å². The Morgan fingerprint density at radius 3 is 2.20 bits per heavy atom. The molecule has 3 aromatic rings. The third-order valence-corrected chi connectivity index (χ3v) is 5.22. The molecule has 2 heteroatoms. The van der Waals surface area contributed by atoms with E-state index in [1.54, 1.807) is 0 Å². The van der Waals surface area contributed by atoms with E-state index in [0.29, 0.717) is 5.92 Å². The first-order chi connectivity index (χ1) is 12.4. The van der Waals surface area contributed by atoms with Crippen LogP contribution in [-0.4, -0.2) is 23.2 Å². The maximum Gasteiger partial charge on any atom is 0.0628 e. The van der Waals surface area contributed by atoms with Crippen LogP contribution in [0.2, 0.25) is 0 Å². The minimum Gasteiger partial charge on any atom is -0.394 e. The zero-order valence-electron chi connectivity index (χ0n) is 14.3. The molecule has 0 fully saturated rings. The van der Waals surface area contributed by atoms with Crippen LogP contribution < -0.4 is 0 Å². The van der Waals surface area contributed by atoms with Crippen LogP contribution in [0.15, 0.2) is 84.9 Å². The van der Waals surface area contributed by atoms with Gasteiger partial charge in [0, 0.05) is 19.0 Å². The molecule has 0 aliphatic carbocycles. The normalized spacial score (nSPS) is 18.5. The summed E-state index contributed by atoms with van der Waals surface area (Å²) in [6, 6.07) is 29.8. The SMILES string of the molecule is OC[C@@H](c1ccccc1)N1Cc2ccccc2[C@H](c2ccccc2)C1. The van der Waals surface area contributed by atoms with Gasteiger partial charge in [0.05, 0.1) is 12.6 Å². The predicted molar refractivity (Wildman–Crippen MR) is 101 cm³/mol. The minimum atomic E-state index is 0.0285. The van der Waals surface area contributed by atoms with E-state index in [2.05, 4.69) is 71.6 Å². The average molecular weight is 329 g/mol. The molecule has 126 valence electrons. The molecule has 0 saturated heterocycles. The molecule has 0 spiro atoms. The van der Waals surface area contributed by atoms with Gasteiger partial charge in [0.15, 0.2) is 0 Å². The summed E-state index contributed by atoms with van der Waals surface area (Å²) in [5.74, 6) is 0.337. The fourth-order valence-corrected chi connectivity index (χ4v) is 3.95. The van der Waals surface area contributed by atoms with Crippen molar-refractivity contribution in [2.45, 2.75) is 18.5 Å². The lowest BCUT2D eigenvalue weighted by Gasteiger charge is -2.39. The van der Waals surface area contributed by atoms with Crippen molar-refractivity contribution < 1.29 is 5.11 Å². The number of benzene rings is 3. The molecule has 25 heavy (non-hydrogen) atoms. The standard InChI is InChI=1S/C23H23NO/c25-17-23(19-11-5-2-6-12-19)24-15-20-13-7-8-14-21(20)22(16-24)18-9-3-1-4-10-18/h1-14,22-23,25H,15-17H2/t22-,23-/m0/s1. The van der Waals surface area contributed by atoms with Crippen LogP contribution in [0.5, 0.6) is 0 Å². The number of hydrogen-bond acceptors (Lipinski definition) is 2. The maximum atomic E-state index is 10.1. The van der Waals surface area contributed by atoms with Crippen LogP contribution in [-0.2, 0) is 6.54 Å². The van der Waals surface area contributed by atoms with Gasteiger partial charge >= 0.3 is 0 Å². The van der Waals surface area contributed by atoms with Crippen molar-refractivity contribution in [3.63, 3.8) is 0 Å². The highest BCUT2D eigenvalue weighted by atomic mass is 16.3. The number of aliphatic hydroxyl groups excluding tert-OH is 1. The van der Waals surface area contributed by atoms with Gasteiger partial charge < -0.3 is 5.11 Å². The Hall–Kier alpha value is -2.42. The minimum absolute atomic E-state index is 0.0285. The summed E-state index contributed by atoms with van der Waals surface area (Å²) in [5, 5.41) is 10.1. The summed E-state index contributed by atoms with van der Waals surface area (Å²) in [4.78, 5) is 2.41. The quantitative estimate of drug-likeness (QED) is 0.768. The van der Waals surface area contributed by atoms with Crippen molar-refractivity contribution in [3.05, 3.63) is 107 Å². The molecule has 0 aromatic heterocycles. The smallest absolute Gasteiger partial charge is 0.0628 e. The Morgan fingerprint density at radius 2 is 1.48 bits per heavy atom. The topological polar surface area (TPSA) is 23.5 Å². The molecule has 2 atom stereocenters. The summed E-state index contributed by atoms with van der Waals surface area (Å²) < 4.78 is 0. The zero-order chi connectivity index (χ0) is 17.1. The fourth-order valence-electron chi connectivity index (χ4n) is 3.95. The van der Waals surface area contributed by atoms with Gasteiger partial charge in [-0.3, -0.25) is 4.90 Å². The molecule has 1 heterocycles. The molecule has 1 aliphatic heterocycles. The Labute approximate surface area is 149 Å². The van der Waals surface area contributed by atoms with Crippen molar-refractivity contribution >= 4 is 0 Å². The Kier molecular flexibility index (Phi) is 4.64. The molecule has 2 nitrogen and oxygen atoms in total. The first kappa shape index (κ1) is 16.1. The molecule has 0 bridgehead atoms. The van der Waals surface area contributed by atoms with Gasteiger partial charge in [-0.2, -0.15) is 0 Å². The first-order valence-corrected chi connectivity index (χ1v) is 8.89. The summed E-state index contributed by atoms with van der Waals surface area (Å²) in [5.41, 5.74) is 5.28. The van der Waals surface area contributed by atoms with Crippen LogP contribution in [0.4, 0.5) is 0 Å². The third-order valence-electron chi connectivity index (χ3n) is 5.22. The van der Waals surface area contributed by atoms with Gasteiger partial charge in [-0.1, -0.05) is 84.9 Å². The number of fused-ring (bicyclic) bond motifs is 1. The summed E-state index contributed by atoms with van der Waals surface area (Å²) in [6.07, 6.45) is 0. The molecule has 0 amide bonds. The highest BCUT2D eigenvalue weighted by Crippen LogP contribution is 2.37. The number of hydrogen-bond donors (Lipinski definition) is 1. The van der Waals surface area contributed by atoms with E-state index in [9.17, 15) is 5.11 Å². The monoisotopic (exact) mass is 329 g/mol. The second-order valence-corrected chi connectivity index (χ2v) is 6.70. The van der Waals surface area contributed by atoms with E-state index >= 15 is 0 Å². The van der Waals surface area contributed by atoms with Crippen LogP contribution in [0, 0.1) is 0 Å². The van der Waals surface area contributed by atoms with Crippen molar-refractivity contribution in [2.24, 2.45) is 0 Å². The van der Waals surface area contributed by atoms with Crippen molar-refractivity contribution in [3.8, 4) is 0 Å². The number of aliphatic hydroxyl groups is 1. The van der Waals surface area contributed by atoms with Gasteiger partial charge in [0.2, 0.25) is 0 Å². The van der Waals surface area contributed by atoms with E-state index in [0.717, 1.165) is 13.1 Å². The maximum absolute atomic E-state index is 10.1. The zero-order valence-corrected chi connectivity index (χ0v) is 14.3. The molecular weight excluding hydrogens is 306 g/mol. The van der Waals surface area contributed by atoms with Gasteiger partial charge in [-0.05, 0) is 22.3 Å². The van der Waals surface area contributed by atoms with E-state index in [-0.39, 0.29) is 12.6 Å². The molecule has 3 aromatic carbocycles. The first-order valence-electron chi connectivity index (χ1n) is 8.89. The predicted octanol–water partition coefficient (Wildman–Crippen LogP) is 4.37. The van der Waals surface area contributed by atoms with Crippen LogP contribution >= 0.6 is 0 Å². The second kappa shape index (κ2) is 7.22. The molecule has 1 N–H and O–H groups in total. The molecule has 0 unspecified atom stereocenters. The van der Waals surface area contributed by atoms with E-state index in [4.69, 9.17) is 0 Å². The summed E-state index contributed by atoms with van der Waals surface area (Å²) in [6.45, 7) is 1.93. The number of nitrogens with zero attached hydrogens (tertiary/aromatic N) is 1. The van der Waals surface area contributed by atoms with E-state index < -0.39 is 0 Å². The fraction of sp³-hybridized carbons (Fsp3) is 0.217. The van der Waals surface area contributed by atoms with Crippen LogP contribution in [0.3, 0.4) is 0 Å². The van der Waals surface area contributed by atoms with Crippen LogP contribution in [0.1, 0.15) is 34.2 Å². The molecule has 1 aliphatic rings. The largest absolute Gasteiger partial charge is 0.394 e. The van der Waals surface area contributed by atoms with Crippen molar-refractivity contribution in [1.29, 1.82) is 0 Å². The Bertz CT molecular complexity index is 816. The second-order valence-electron chi connectivity index (χ2n) is 6.70. The lowest BCUT2D eigenvalue weighted by Crippen LogP contribution is -2.38. The van der Waals surface area contributed by atoms with Gasteiger partial charge in [0.1, 0.15) is 0 Å². The molecule has 0 saturated carbocycles. The lowest BCUT2D eigenvalue weighted by molar-refractivity contribution is 0.106. The van der Waals surface area contributed by atoms with E-state index in [1.165, 1.54) is 22.3 Å². The van der Waals surface area contributed by atoms with E-state index in [1.807, 2.05) is 18.2 Å². The van der Waals surface area contributed by atoms with Gasteiger partial charge in [0.25, 0.3) is 0 Å². The highest BCUT2D eigenvalue weighted by Gasteiger charge is 2.30. The summed E-state index contributed by atoms with van der Waals surface area (Å²) >= 11 is 0. The summed E-state index contributed by atoms with van der Waals surface area (Å²) in [7, 11) is 0. The Morgan fingerprint density at radius 1 is 0.840 bits per heavy atom. The van der Waals surface area contributed by atoms with Gasteiger partial charge in [-0.15, -0.1) is 0 Å².